The molecule has 0 saturated carbocycles. The van der Waals surface area contributed by atoms with Gasteiger partial charge in [-0.05, 0) is 19.1 Å². The smallest absolute Gasteiger partial charge is 0.251 e. The summed E-state index contributed by atoms with van der Waals surface area (Å²) in [7, 11) is 0. The van der Waals surface area contributed by atoms with Crippen molar-refractivity contribution < 1.29 is 13.2 Å². The fourth-order valence-electron chi connectivity index (χ4n) is 1.39. The first-order valence-corrected chi connectivity index (χ1v) is 5.29. The molecule has 2 aromatic heterocycles. The van der Waals surface area contributed by atoms with Gasteiger partial charge in [-0.1, -0.05) is 11.6 Å². The minimum Gasteiger partial charge on any atom is -0.251 e. The largest absolute Gasteiger partial charge is 0.433 e. The molecule has 18 heavy (non-hydrogen) atoms. The summed E-state index contributed by atoms with van der Waals surface area (Å²) in [6.07, 6.45) is -3.33. The Labute approximate surface area is 106 Å². The van der Waals surface area contributed by atoms with Crippen molar-refractivity contribution in [3.8, 4) is 11.3 Å². The summed E-state index contributed by atoms with van der Waals surface area (Å²) >= 11 is 5.75. The van der Waals surface area contributed by atoms with Crippen LogP contribution in [0, 0.1) is 6.92 Å². The molecule has 2 aromatic rings. The number of pyridine rings is 1. The van der Waals surface area contributed by atoms with Crippen LogP contribution in [0.4, 0.5) is 13.2 Å². The predicted octanol–water partition coefficient (Wildman–Crippen LogP) is 3.52. The molecule has 0 aliphatic rings. The zero-order valence-corrected chi connectivity index (χ0v) is 9.92. The van der Waals surface area contributed by atoms with Gasteiger partial charge in [-0.15, -0.1) is 0 Å². The predicted molar refractivity (Wildman–Crippen MR) is 60.0 cm³/mol. The van der Waals surface area contributed by atoms with Crippen LogP contribution in [0.2, 0.25) is 5.15 Å². The number of rotatable bonds is 1. The highest BCUT2D eigenvalue weighted by molar-refractivity contribution is 6.29. The van der Waals surface area contributed by atoms with Crippen LogP contribution in [0.5, 0.6) is 0 Å². The lowest BCUT2D eigenvalue weighted by Gasteiger charge is -2.06. The Morgan fingerprint density at radius 2 is 1.89 bits per heavy atom. The molecular formula is C11H7ClF3N3. The highest BCUT2D eigenvalue weighted by Crippen LogP contribution is 2.28. The fraction of sp³-hybridized carbons (Fsp3) is 0.182. The van der Waals surface area contributed by atoms with Crippen LogP contribution in [0.3, 0.4) is 0 Å². The Kier molecular flexibility index (Phi) is 3.21. The summed E-state index contributed by atoms with van der Waals surface area (Å²) in [5.74, 6) is 0.442. The quantitative estimate of drug-likeness (QED) is 0.746. The van der Waals surface area contributed by atoms with E-state index in [1.807, 2.05) is 0 Å². The molecule has 0 atom stereocenters. The third-order valence-corrected chi connectivity index (χ3v) is 2.35. The SMILES string of the molecule is Cc1nc(Cl)cc(-c2ccc(C(F)(F)F)nc2)n1. The third-order valence-electron chi connectivity index (χ3n) is 2.16. The zero-order valence-electron chi connectivity index (χ0n) is 9.16. The summed E-state index contributed by atoms with van der Waals surface area (Å²) in [5, 5.41) is 0.234. The molecule has 0 amide bonds. The van der Waals surface area contributed by atoms with Gasteiger partial charge in [0.25, 0.3) is 0 Å². The average molecular weight is 274 g/mol. The van der Waals surface area contributed by atoms with E-state index < -0.39 is 11.9 Å². The number of aryl methyl sites for hydroxylation is 1. The van der Waals surface area contributed by atoms with Gasteiger partial charge >= 0.3 is 6.18 Å². The average Bonchev–Trinajstić information content (AvgIpc) is 2.27. The van der Waals surface area contributed by atoms with E-state index in [-0.39, 0.29) is 5.15 Å². The highest BCUT2D eigenvalue weighted by Gasteiger charge is 2.32. The molecule has 0 spiro atoms. The standard InChI is InChI=1S/C11H7ClF3N3/c1-6-17-8(4-10(12)18-6)7-2-3-9(16-5-7)11(13,14)15/h2-5H,1H3. The van der Waals surface area contributed by atoms with Gasteiger partial charge in [0, 0.05) is 17.8 Å². The number of alkyl halides is 3. The first kappa shape index (κ1) is 12.8. The van der Waals surface area contributed by atoms with E-state index in [1.165, 1.54) is 12.1 Å². The number of hydrogen-bond donors (Lipinski definition) is 0. The van der Waals surface area contributed by atoms with E-state index in [1.54, 1.807) is 6.92 Å². The van der Waals surface area contributed by atoms with Crippen molar-refractivity contribution in [1.82, 2.24) is 15.0 Å². The lowest BCUT2D eigenvalue weighted by molar-refractivity contribution is -0.141. The Morgan fingerprint density at radius 1 is 1.17 bits per heavy atom. The van der Waals surface area contributed by atoms with Gasteiger partial charge in [0.05, 0.1) is 5.69 Å². The number of nitrogens with zero attached hydrogens (tertiary/aromatic N) is 3. The van der Waals surface area contributed by atoms with E-state index >= 15 is 0 Å². The van der Waals surface area contributed by atoms with Crippen molar-refractivity contribution in [3.05, 3.63) is 41.1 Å². The van der Waals surface area contributed by atoms with Gasteiger partial charge in [0.15, 0.2) is 0 Å². The molecule has 0 saturated heterocycles. The third kappa shape index (κ3) is 2.76. The summed E-state index contributed by atoms with van der Waals surface area (Å²) in [6.45, 7) is 1.65. The summed E-state index contributed by atoms with van der Waals surface area (Å²) in [4.78, 5) is 11.3. The second-order valence-electron chi connectivity index (χ2n) is 3.55. The minimum absolute atomic E-state index is 0.234. The Bertz CT molecular complexity index is 546. The molecule has 0 bridgehead atoms. The maximum absolute atomic E-state index is 12.3. The van der Waals surface area contributed by atoms with Gasteiger partial charge < -0.3 is 0 Å². The molecule has 94 valence electrons. The molecule has 3 nitrogen and oxygen atoms in total. The van der Waals surface area contributed by atoms with Crippen LogP contribution in [-0.2, 0) is 6.18 Å². The van der Waals surface area contributed by atoms with E-state index in [4.69, 9.17) is 11.6 Å². The Balaban J connectivity index is 2.40. The lowest BCUT2D eigenvalue weighted by atomic mass is 10.2. The molecule has 0 N–H and O–H groups in total. The molecule has 7 heteroatoms. The monoisotopic (exact) mass is 273 g/mol. The number of hydrogen-bond acceptors (Lipinski definition) is 3. The Hall–Kier alpha value is -1.69. The van der Waals surface area contributed by atoms with E-state index in [0.717, 1.165) is 12.3 Å². The molecule has 0 radical (unpaired) electrons. The van der Waals surface area contributed by atoms with E-state index in [9.17, 15) is 13.2 Å². The molecule has 0 aliphatic heterocycles. The molecule has 0 aromatic carbocycles. The van der Waals surface area contributed by atoms with Crippen LogP contribution >= 0.6 is 11.6 Å². The molecular weight excluding hydrogens is 267 g/mol. The van der Waals surface area contributed by atoms with Gasteiger partial charge in [-0.3, -0.25) is 4.98 Å². The highest BCUT2D eigenvalue weighted by atomic mass is 35.5. The second-order valence-corrected chi connectivity index (χ2v) is 3.94. The van der Waals surface area contributed by atoms with Gasteiger partial charge in [0.2, 0.25) is 0 Å². The van der Waals surface area contributed by atoms with Gasteiger partial charge in [0.1, 0.15) is 16.7 Å². The summed E-state index contributed by atoms with van der Waals surface area (Å²) < 4.78 is 37.0. The van der Waals surface area contributed by atoms with Gasteiger partial charge in [-0.25, -0.2) is 9.97 Å². The Morgan fingerprint density at radius 3 is 2.39 bits per heavy atom. The zero-order chi connectivity index (χ0) is 13.3. The lowest BCUT2D eigenvalue weighted by Crippen LogP contribution is -2.07. The van der Waals surface area contributed by atoms with Crippen molar-refractivity contribution in [1.29, 1.82) is 0 Å². The van der Waals surface area contributed by atoms with Crippen molar-refractivity contribution >= 4 is 11.6 Å². The maximum Gasteiger partial charge on any atom is 0.433 e. The fourth-order valence-corrected chi connectivity index (χ4v) is 1.62. The first-order chi connectivity index (χ1) is 8.36. The number of aromatic nitrogens is 3. The van der Waals surface area contributed by atoms with Crippen molar-refractivity contribution in [3.63, 3.8) is 0 Å². The maximum atomic E-state index is 12.3. The van der Waals surface area contributed by atoms with Crippen molar-refractivity contribution in [2.45, 2.75) is 13.1 Å². The molecule has 0 unspecified atom stereocenters. The molecule has 2 heterocycles. The van der Waals surface area contributed by atoms with E-state index in [2.05, 4.69) is 15.0 Å². The van der Waals surface area contributed by atoms with Crippen LogP contribution in [0.25, 0.3) is 11.3 Å². The topological polar surface area (TPSA) is 38.7 Å². The molecule has 0 aliphatic carbocycles. The summed E-state index contributed by atoms with van der Waals surface area (Å²) in [6, 6.07) is 3.67. The first-order valence-electron chi connectivity index (χ1n) is 4.91. The molecule has 0 fully saturated rings. The van der Waals surface area contributed by atoms with Gasteiger partial charge in [-0.2, -0.15) is 13.2 Å². The van der Waals surface area contributed by atoms with Crippen molar-refractivity contribution in [2.24, 2.45) is 0 Å². The van der Waals surface area contributed by atoms with E-state index in [0.29, 0.717) is 17.1 Å². The summed E-state index contributed by atoms with van der Waals surface area (Å²) in [5.41, 5.74) is -0.0488. The second kappa shape index (κ2) is 4.53. The van der Waals surface area contributed by atoms with Crippen LogP contribution in [0.1, 0.15) is 11.5 Å². The van der Waals surface area contributed by atoms with Crippen LogP contribution in [-0.4, -0.2) is 15.0 Å². The van der Waals surface area contributed by atoms with Crippen molar-refractivity contribution in [2.75, 3.05) is 0 Å². The van der Waals surface area contributed by atoms with Crippen LogP contribution in [0.15, 0.2) is 24.4 Å². The van der Waals surface area contributed by atoms with Crippen LogP contribution < -0.4 is 0 Å². The number of halogens is 4. The minimum atomic E-state index is -4.45. The normalized spacial score (nSPS) is 11.6. The molecule has 2 rings (SSSR count).